The van der Waals surface area contributed by atoms with Crippen molar-refractivity contribution in [2.45, 2.75) is 30.5 Å². The van der Waals surface area contributed by atoms with E-state index in [-0.39, 0.29) is 40.0 Å². The summed E-state index contributed by atoms with van der Waals surface area (Å²) in [5.74, 6) is -2.76. The first kappa shape index (κ1) is 25.2. The Morgan fingerprint density at radius 3 is 2.22 bits per heavy atom. The lowest BCUT2D eigenvalue weighted by atomic mass is 9.80. The number of fused-ring (bicyclic) bond motifs is 5. The van der Waals surface area contributed by atoms with E-state index >= 15 is 0 Å². The smallest absolute Gasteiger partial charge is 0.338 e. The molecule has 2 aliphatic carbocycles. The Hall–Kier alpha value is -2.42. The summed E-state index contributed by atoms with van der Waals surface area (Å²) in [6.07, 6.45) is 1.42. The molecule has 3 fully saturated rings. The second-order valence-corrected chi connectivity index (χ2v) is 11.3. The van der Waals surface area contributed by atoms with E-state index in [9.17, 15) is 19.2 Å². The van der Waals surface area contributed by atoms with Crippen molar-refractivity contribution < 1.29 is 23.9 Å². The molecule has 0 unspecified atom stereocenters. The zero-order chi connectivity index (χ0) is 25.7. The van der Waals surface area contributed by atoms with Crippen LogP contribution in [0.2, 0.25) is 0 Å². The number of nitrogens with zero attached hydrogens (tertiary/aromatic N) is 1. The third kappa shape index (κ3) is 4.23. The van der Waals surface area contributed by atoms with Crippen LogP contribution in [0.5, 0.6) is 0 Å². The van der Waals surface area contributed by atoms with Gasteiger partial charge in [0.1, 0.15) is 0 Å². The molecule has 0 aromatic heterocycles. The lowest BCUT2D eigenvalue weighted by molar-refractivity contribution is -0.123. The summed E-state index contributed by atoms with van der Waals surface area (Å²) < 4.78 is 6.06. The first-order chi connectivity index (χ1) is 17.2. The average Bonchev–Trinajstić information content (AvgIpc) is 3.48. The molecule has 2 aromatic carbocycles. The summed E-state index contributed by atoms with van der Waals surface area (Å²) in [7, 11) is 0. The van der Waals surface area contributed by atoms with Crippen molar-refractivity contribution in [2.75, 3.05) is 16.8 Å². The number of amides is 3. The van der Waals surface area contributed by atoms with Gasteiger partial charge in [0.25, 0.3) is 5.91 Å². The number of ether oxygens (including phenoxy) is 1. The summed E-state index contributed by atoms with van der Waals surface area (Å²) in [4.78, 5) is 52.2. The quantitative estimate of drug-likeness (QED) is 0.296. The van der Waals surface area contributed by atoms with Gasteiger partial charge in [-0.2, -0.15) is 0 Å². The predicted octanol–water partition coefficient (Wildman–Crippen LogP) is 4.78. The number of hydrogen-bond donors (Lipinski definition) is 1. The Morgan fingerprint density at radius 2 is 1.64 bits per heavy atom. The second-order valence-electron chi connectivity index (χ2n) is 9.34. The van der Waals surface area contributed by atoms with Crippen LogP contribution in [0.1, 0.15) is 29.3 Å². The minimum atomic E-state index is -0.688. The lowest BCUT2D eigenvalue weighted by Crippen LogP contribution is -2.37. The van der Waals surface area contributed by atoms with Gasteiger partial charge in [-0.15, -0.1) is 23.2 Å². The molecule has 0 radical (unpaired) electrons. The Labute approximate surface area is 226 Å². The molecule has 2 bridgehead atoms. The van der Waals surface area contributed by atoms with Crippen LogP contribution in [-0.2, 0) is 25.5 Å². The van der Waals surface area contributed by atoms with Crippen LogP contribution < -0.4 is 10.2 Å². The van der Waals surface area contributed by atoms with E-state index in [1.165, 1.54) is 29.2 Å². The molecule has 3 amide bonds. The number of anilines is 2. The summed E-state index contributed by atoms with van der Waals surface area (Å²) in [5.41, 5.74) is 2.19. The molecule has 2 aromatic rings. The molecule has 1 saturated heterocycles. The van der Waals surface area contributed by atoms with Gasteiger partial charge < -0.3 is 10.1 Å². The number of benzene rings is 2. The largest absolute Gasteiger partial charge is 0.452 e. The van der Waals surface area contributed by atoms with Crippen molar-refractivity contribution in [1.82, 2.24) is 0 Å². The first-order valence-corrected chi connectivity index (χ1v) is 13.4. The van der Waals surface area contributed by atoms with Crippen LogP contribution in [0.15, 0.2) is 46.9 Å². The number of aryl methyl sites for hydroxylation is 1. The van der Waals surface area contributed by atoms with Gasteiger partial charge in [-0.25, -0.2) is 4.79 Å². The highest BCUT2D eigenvalue weighted by atomic mass is 79.9. The van der Waals surface area contributed by atoms with Crippen LogP contribution in [-0.4, -0.2) is 41.1 Å². The van der Waals surface area contributed by atoms with E-state index in [1.807, 2.05) is 19.1 Å². The fourth-order valence-corrected chi connectivity index (χ4v) is 7.03. The van der Waals surface area contributed by atoms with Gasteiger partial charge in [-0.1, -0.05) is 22.9 Å². The summed E-state index contributed by atoms with van der Waals surface area (Å²) in [6, 6.07) is 11.5. The minimum Gasteiger partial charge on any atom is -0.452 e. The number of alkyl halides is 2. The molecular formula is C26H23BrCl2N2O5. The Kier molecular flexibility index (Phi) is 6.87. The van der Waals surface area contributed by atoms with Crippen molar-refractivity contribution >= 4 is 74.2 Å². The molecule has 1 N–H and O–H groups in total. The summed E-state index contributed by atoms with van der Waals surface area (Å²) >= 11 is 16.2. The first-order valence-electron chi connectivity index (χ1n) is 11.7. The SMILES string of the molecule is CCc1cc(Br)ccc1NC(=O)COC(=O)c1ccc(N2C(=O)[C@@H]3[C@H]4C[C@@H]([C@H](Cl)[C@H]4Cl)[C@@H]3C2=O)cc1. The van der Waals surface area contributed by atoms with Crippen LogP contribution in [0.3, 0.4) is 0 Å². The van der Waals surface area contributed by atoms with E-state index < -0.39 is 30.3 Å². The topological polar surface area (TPSA) is 92.8 Å². The highest BCUT2D eigenvalue weighted by Crippen LogP contribution is 2.59. The van der Waals surface area contributed by atoms with E-state index in [0.29, 0.717) is 17.8 Å². The number of carbonyl (C=O) groups excluding carboxylic acids is 4. The Bertz CT molecular complexity index is 1220. The third-order valence-corrected chi connectivity index (χ3v) is 9.22. The van der Waals surface area contributed by atoms with Crippen molar-refractivity contribution in [1.29, 1.82) is 0 Å². The van der Waals surface area contributed by atoms with E-state index in [0.717, 1.165) is 16.5 Å². The molecule has 7 nitrogen and oxygen atoms in total. The highest BCUT2D eigenvalue weighted by molar-refractivity contribution is 9.10. The molecule has 10 heteroatoms. The molecule has 2 saturated carbocycles. The number of hydrogen-bond acceptors (Lipinski definition) is 5. The molecule has 188 valence electrons. The van der Waals surface area contributed by atoms with Crippen molar-refractivity contribution in [3.8, 4) is 0 Å². The number of rotatable bonds is 6. The maximum Gasteiger partial charge on any atom is 0.338 e. The number of halogens is 3. The normalized spacial score (nSPS) is 28.4. The van der Waals surface area contributed by atoms with Gasteiger partial charge in [0, 0.05) is 10.2 Å². The number of nitrogens with one attached hydrogen (secondary N) is 1. The Morgan fingerprint density at radius 1 is 1.03 bits per heavy atom. The summed E-state index contributed by atoms with van der Waals surface area (Å²) in [6.45, 7) is 1.53. The molecule has 6 atom stereocenters. The van der Waals surface area contributed by atoms with Crippen LogP contribution in [0.25, 0.3) is 0 Å². The molecule has 5 rings (SSSR count). The predicted molar refractivity (Wildman–Crippen MR) is 139 cm³/mol. The maximum atomic E-state index is 13.1. The van der Waals surface area contributed by atoms with Crippen LogP contribution in [0.4, 0.5) is 11.4 Å². The van der Waals surface area contributed by atoms with E-state index in [4.69, 9.17) is 27.9 Å². The zero-order valence-electron chi connectivity index (χ0n) is 19.2. The van der Waals surface area contributed by atoms with Gasteiger partial charge in [0.2, 0.25) is 11.8 Å². The monoisotopic (exact) mass is 592 g/mol. The fraction of sp³-hybridized carbons (Fsp3) is 0.385. The van der Waals surface area contributed by atoms with Crippen molar-refractivity contribution in [2.24, 2.45) is 23.7 Å². The lowest BCUT2D eigenvalue weighted by Gasteiger charge is -2.28. The van der Waals surface area contributed by atoms with Crippen LogP contribution in [0, 0.1) is 23.7 Å². The maximum absolute atomic E-state index is 13.1. The minimum absolute atomic E-state index is 0.100. The molecular weight excluding hydrogens is 571 g/mol. The Balaban J connectivity index is 1.21. The molecule has 36 heavy (non-hydrogen) atoms. The van der Waals surface area contributed by atoms with Gasteiger partial charge in [0.15, 0.2) is 6.61 Å². The van der Waals surface area contributed by atoms with E-state index in [2.05, 4.69) is 21.2 Å². The third-order valence-electron chi connectivity index (χ3n) is 7.40. The highest BCUT2D eigenvalue weighted by Gasteiger charge is 2.66. The molecule has 0 spiro atoms. The standard InChI is InChI=1S/C26H23BrCl2N2O5/c1-2-12-9-14(27)5-8-18(12)30-19(32)11-36-26(35)13-3-6-15(7-4-13)31-24(33)20-16-10-17(21(20)25(31)34)23(29)22(16)28/h3-9,16-17,20-23H,2,10-11H2,1H3,(H,30,32)/t16-,17-,20-,21+,22+,23+/m1/s1. The van der Waals surface area contributed by atoms with Crippen LogP contribution >= 0.6 is 39.1 Å². The zero-order valence-corrected chi connectivity index (χ0v) is 22.3. The molecule has 1 aliphatic heterocycles. The van der Waals surface area contributed by atoms with Crippen molar-refractivity contribution in [3.05, 3.63) is 58.1 Å². The van der Waals surface area contributed by atoms with E-state index in [1.54, 1.807) is 6.07 Å². The van der Waals surface area contributed by atoms with Gasteiger partial charge in [-0.05, 0) is 72.7 Å². The molecule has 3 aliphatic rings. The summed E-state index contributed by atoms with van der Waals surface area (Å²) in [5, 5.41) is 2.12. The number of imide groups is 1. The van der Waals surface area contributed by atoms with Crippen molar-refractivity contribution in [3.63, 3.8) is 0 Å². The fourth-order valence-electron chi connectivity index (χ4n) is 5.73. The van der Waals surface area contributed by atoms with Gasteiger partial charge in [0.05, 0.1) is 33.8 Å². The average molecular weight is 594 g/mol. The van der Waals surface area contributed by atoms with Gasteiger partial charge in [-0.3, -0.25) is 19.3 Å². The second kappa shape index (κ2) is 9.80. The van der Waals surface area contributed by atoms with Gasteiger partial charge >= 0.3 is 5.97 Å². The number of esters is 1. The number of carbonyl (C=O) groups is 4. The molecule has 1 heterocycles.